The minimum atomic E-state index is -0.403. The van der Waals surface area contributed by atoms with E-state index in [4.69, 9.17) is 10.2 Å². The fourth-order valence-electron chi connectivity index (χ4n) is 2.90. The van der Waals surface area contributed by atoms with Crippen molar-refractivity contribution in [2.24, 2.45) is 0 Å². The molecular weight excluding hydrogens is 356 g/mol. The third-order valence-corrected chi connectivity index (χ3v) is 4.31. The van der Waals surface area contributed by atoms with Gasteiger partial charge in [-0.25, -0.2) is 4.98 Å². The Morgan fingerprint density at radius 2 is 1.79 bits per heavy atom. The highest BCUT2D eigenvalue weighted by atomic mass is 16.6. The van der Waals surface area contributed by atoms with E-state index in [9.17, 15) is 10.1 Å². The molecule has 0 atom stereocenters. The molecule has 0 aliphatic rings. The number of nitrogens with zero attached hydrogens (tertiary/aromatic N) is 2. The number of anilines is 3. The van der Waals surface area contributed by atoms with Crippen molar-refractivity contribution in [1.82, 2.24) is 4.98 Å². The van der Waals surface area contributed by atoms with Crippen LogP contribution in [0, 0.1) is 10.1 Å². The Kier molecular flexibility index (Phi) is 4.47. The average molecular weight is 372 g/mol. The summed E-state index contributed by atoms with van der Waals surface area (Å²) in [7, 11) is 0. The van der Waals surface area contributed by atoms with Crippen LogP contribution in [0.3, 0.4) is 0 Å². The standard InChI is InChI=1S/C21H16N4O3/c22-21-7-5-16(12-23-21)14-2-1-3-18(10-14)24-19-6-4-15(11-20(19)25(26)27)17-8-9-28-13-17/h1-13,24H,(H2,22,23). The van der Waals surface area contributed by atoms with Crippen molar-refractivity contribution in [2.75, 3.05) is 11.1 Å². The number of aromatic nitrogens is 1. The fourth-order valence-corrected chi connectivity index (χ4v) is 2.90. The number of rotatable bonds is 5. The fraction of sp³-hybridized carbons (Fsp3) is 0. The minimum Gasteiger partial charge on any atom is -0.472 e. The molecule has 0 aliphatic heterocycles. The van der Waals surface area contributed by atoms with E-state index < -0.39 is 4.92 Å². The molecule has 7 heteroatoms. The zero-order chi connectivity index (χ0) is 19.5. The Bertz CT molecular complexity index is 1120. The molecule has 0 radical (unpaired) electrons. The van der Waals surface area contributed by atoms with Crippen LogP contribution < -0.4 is 11.1 Å². The van der Waals surface area contributed by atoms with E-state index in [-0.39, 0.29) is 5.69 Å². The number of nitrogen functional groups attached to an aromatic ring is 1. The SMILES string of the molecule is Nc1ccc(-c2cccc(Nc3ccc(-c4ccoc4)cc3[N+](=O)[O-])c2)cn1. The van der Waals surface area contributed by atoms with Crippen molar-refractivity contribution in [3.05, 3.63) is 89.5 Å². The Balaban J connectivity index is 1.66. The topological polar surface area (TPSA) is 107 Å². The van der Waals surface area contributed by atoms with Crippen molar-refractivity contribution < 1.29 is 9.34 Å². The summed E-state index contributed by atoms with van der Waals surface area (Å²) in [6.07, 6.45) is 4.78. The molecule has 2 heterocycles. The molecule has 0 amide bonds. The second kappa shape index (κ2) is 7.24. The largest absolute Gasteiger partial charge is 0.472 e. The first-order chi connectivity index (χ1) is 13.6. The lowest BCUT2D eigenvalue weighted by Gasteiger charge is -2.10. The maximum atomic E-state index is 11.6. The smallest absolute Gasteiger partial charge is 0.293 e. The summed E-state index contributed by atoms with van der Waals surface area (Å²) in [5, 5.41) is 14.7. The highest BCUT2D eigenvalue weighted by molar-refractivity contribution is 5.78. The van der Waals surface area contributed by atoms with Crippen LogP contribution in [0.5, 0.6) is 0 Å². The predicted octanol–water partition coefficient (Wildman–Crippen LogP) is 5.24. The molecule has 0 fully saturated rings. The van der Waals surface area contributed by atoms with Gasteiger partial charge in [-0.3, -0.25) is 10.1 Å². The number of benzene rings is 2. The number of furan rings is 1. The highest BCUT2D eigenvalue weighted by Gasteiger charge is 2.16. The summed E-state index contributed by atoms with van der Waals surface area (Å²) in [5.41, 5.74) is 10.1. The Labute approximate surface area is 160 Å². The van der Waals surface area contributed by atoms with E-state index >= 15 is 0 Å². The van der Waals surface area contributed by atoms with Gasteiger partial charge in [0.25, 0.3) is 5.69 Å². The van der Waals surface area contributed by atoms with Gasteiger partial charge in [-0.15, -0.1) is 0 Å². The Morgan fingerprint density at radius 3 is 2.50 bits per heavy atom. The molecule has 0 spiro atoms. The van der Waals surface area contributed by atoms with Gasteiger partial charge in [0, 0.05) is 29.1 Å². The molecule has 4 rings (SSSR count). The molecule has 4 aromatic rings. The zero-order valence-electron chi connectivity index (χ0n) is 14.7. The number of nitrogens with two attached hydrogens (primary N) is 1. The highest BCUT2D eigenvalue weighted by Crippen LogP contribution is 2.33. The Hall–Kier alpha value is -4.13. The lowest BCUT2D eigenvalue weighted by molar-refractivity contribution is -0.383. The lowest BCUT2D eigenvalue weighted by atomic mass is 10.1. The average Bonchev–Trinajstić information content (AvgIpc) is 3.24. The van der Waals surface area contributed by atoms with Crippen LogP contribution in [-0.2, 0) is 0 Å². The molecular formula is C21H16N4O3. The summed E-state index contributed by atoms with van der Waals surface area (Å²) in [6, 6.07) is 18.0. The number of nitrogens with one attached hydrogen (secondary N) is 1. The normalized spacial score (nSPS) is 10.6. The molecule has 7 nitrogen and oxygen atoms in total. The molecule has 3 N–H and O–H groups in total. The van der Waals surface area contributed by atoms with Gasteiger partial charge in [0.15, 0.2) is 0 Å². The lowest BCUT2D eigenvalue weighted by Crippen LogP contribution is -1.98. The molecule has 0 unspecified atom stereocenters. The second-order valence-corrected chi connectivity index (χ2v) is 6.18. The van der Waals surface area contributed by atoms with Gasteiger partial charge in [0.1, 0.15) is 11.5 Å². The van der Waals surface area contributed by atoms with Crippen LogP contribution in [0.1, 0.15) is 0 Å². The molecule has 0 saturated carbocycles. The first-order valence-electron chi connectivity index (χ1n) is 8.50. The van der Waals surface area contributed by atoms with Gasteiger partial charge in [-0.1, -0.05) is 18.2 Å². The molecule has 0 saturated heterocycles. The number of pyridine rings is 1. The van der Waals surface area contributed by atoms with Crippen LogP contribution in [0.4, 0.5) is 22.9 Å². The number of hydrogen-bond acceptors (Lipinski definition) is 6. The maximum Gasteiger partial charge on any atom is 0.293 e. The Morgan fingerprint density at radius 1 is 0.964 bits per heavy atom. The van der Waals surface area contributed by atoms with Crippen molar-refractivity contribution >= 4 is 22.9 Å². The first kappa shape index (κ1) is 17.3. The monoisotopic (exact) mass is 372 g/mol. The first-order valence-corrected chi connectivity index (χ1v) is 8.50. The van der Waals surface area contributed by atoms with E-state index in [1.54, 1.807) is 30.7 Å². The van der Waals surface area contributed by atoms with Gasteiger partial charge in [0.05, 0.1) is 17.4 Å². The number of nitro benzene ring substituents is 1. The molecule has 138 valence electrons. The van der Waals surface area contributed by atoms with Gasteiger partial charge in [0.2, 0.25) is 0 Å². The number of nitro groups is 1. The van der Waals surface area contributed by atoms with Crippen LogP contribution in [0.2, 0.25) is 0 Å². The summed E-state index contributed by atoms with van der Waals surface area (Å²) >= 11 is 0. The van der Waals surface area contributed by atoms with Crippen LogP contribution in [0.15, 0.2) is 83.8 Å². The summed E-state index contributed by atoms with van der Waals surface area (Å²) < 4.78 is 5.06. The minimum absolute atomic E-state index is 0.0155. The maximum absolute atomic E-state index is 11.6. The van der Waals surface area contributed by atoms with E-state index in [0.717, 1.165) is 22.4 Å². The molecule has 0 bridgehead atoms. The molecule has 28 heavy (non-hydrogen) atoms. The van der Waals surface area contributed by atoms with E-state index in [0.29, 0.717) is 17.1 Å². The predicted molar refractivity (Wildman–Crippen MR) is 108 cm³/mol. The van der Waals surface area contributed by atoms with Crippen molar-refractivity contribution in [3.8, 4) is 22.3 Å². The van der Waals surface area contributed by atoms with Gasteiger partial charge in [-0.05, 0) is 47.5 Å². The van der Waals surface area contributed by atoms with Crippen LogP contribution >= 0.6 is 0 Å². The summed E-state index contributed by atoms with van der Waals surface area (Å²) in [6.45, 7) is 0. The second-order valence-electron chi connectivity index (χ2n) is 6.18. The van der Waals surface area contributed by atoms with Crippen molar-refractivity contribution in [1.29, 1.82) is 0 Å². The van der Waals surface area contributed by atoms with E-state index in [1.807, 2.05) is 36.4 Å². The van der Waals surface area contributed by atoms with Crippen LogP contribution in [0.25, 0.3) is 22.3 Å². The molecule has 2 aromatic carbocycles. The summed E-state index contributed by atoms with van der Waals surface area (Å²) in [4.78, 5) is 15.3. The van der Waals surface area contributed by atoms with E-state index in [1.165, 1.54) is 12.3 Å². The quantitative estimate of drug-likeness (QED) is 0.366. The third kappa shape index (κ3) is 3.54. The van der Waals surface area contributed by atoms with Crippen molar-refractivity contribution in [2.45, 2.75) is 0 Å². The van der Waals surface area contributed by atoms with Crippen molar-refractivity contribution in [3.63, 3.8) is 0 Å². The zero-order valence-corrected chi connectivity index (χ0v) is 14.7. The van der Waals surface area contributed by atoms with Gasteiger partial charge in [-0.2, -0.15) is 0 Å². The molecule has 2 aromatic heterocycles. The van der Waals surface area contributed by atoms with Crippen LogP contribution in [-0.4, -0.2) is 9.91 Å². The third-order valence-electron chi connectivity index (χ3n) is 4.31. The molecule has 0 aliphatic carbocycles. The van der Waals surface area contributed by atoms with Gasteiger partial charge >= 0.3 is 0 Å². The van der Waals surface area contributed by atoms with Gasteiger partial charge < -0.3 is 15.5 Å². The summed E-state index contributed by atoms with van der Waals surface area (Å²) in [5.74, 6) is 0.450. The number of hydrogen-bond donors (Lipinski definition) is 2. The van der Waals surface area contributed by atoms with E-state index in [2.05, 4.69) is 10.3 Å².